The van der Waals surface area contributed by atoms with Crippen molar-refractivity contribution in [3.05, 3.63) is 23.8 Å². The number of rotatable bonds is 4. The van der Waals surface area contributed by atoms with E-state index < -0.39 is 0 Å². The maximum Gasteiger partial charge on any atom is 0.0399 e. The molecule has 2 nitrogen and oxygen atoms in total. The summed E-state index contributed by atoms with van der Waals surface area (Å²) >= 11 is 0. The van der Waals surface area contributed by atoms with Gasteiger partial charge in [0.15, 0.2) is 0 Å². The smallest absolute Gasteiger partial charge is 0.0399 e. The van der Waals surface area contributed by atoms with Crippen LogP contribution >= 0.6 is 0 Å². The summed E-state index contributed by atoms with van der Waals surface area (Å²) in [5, 5.41) is 0. The Morgan fingerprint density at radius 2 is 1.81 bits per heavy atom. The third kappa shape index (κ3) is 3.16. The summed E-state index contributed by atoms with van der Waals surface area (Å²) in [5.74, 6) is 0.666. The Hall–Kier alpha value is -1.18. The van der Waals surface area contributed by atoms with Crippen LogP contribution in [0.4, 0.5) is 11.4 Å². The van der Waals surface area contributed by atoms with Gasteiger partial charge in [-0.05, 0) is 50.5 Å². The first-order chi connectivity index (χ1) is 7.41. The monoisotopic (exact) mass is 220 g/mol. The van der Waals surface area contributed by atoms with Gasteiger partial charge >= 0.3 is 0 Å². The lowest BCUT2D eigenvalue weighted by molar-refractivity contribution is 0.570. The van der Waals surface area contributed by atoms with Crippen molar-refractivity contribution >= 4 is 11.4 Å². The molecule has 0 atom stereocenters. The molecule has 0 bridgehead atoms. The van der Waals surface area contributed by atoms with Crippen LogP contribution in [0.3, 0.4) is 0 Å². The Balaban J connectivity index is 3.01. The molecule has 2 heteroatoms. The minimum atomic E-state index is 0.518. The van der Waals surface area contributed by atoms with E-state index in [1.54, 1.807) is 0 Å². The number of aryl methyl sites for hydroxylation is 1. The fourth-order valence-electron chi connectivity index (χ4n) is 1.98. The molecular weight excluding hydrogens is 196 g/mol. The molecule has 0 fully saturated rings. The van der Waals surface area contributed by atoms with E-state index in [4.69, 9.17) is 5.73 Å². The molecule has 0 saturated heterocycles. The molecule has 1 rings (SSSR count). The van der Waals surface area contributed by atoms with E-state index in [-0.39, 0.29) is 0 Å². The molecule has 0 aliphatic rings. The molecule has 0 amide bonds. The van der Waals surface area contributed by atoms with Gasteiger partial charge in [0.2, 0.25) is 0 Å². The molecule has 1 aromatic carbocycles. The van der Waals surface area contributed by atoms with Gasteiger partial charge in [-0.3, -0.25) is 0 Å². The molecule has 0 radical (unpaired) electrons. The summed E-state index contributed by atoms with van der Waals surface area (Å²) in [7, 11) is 0. The van der Waals surface area contributed by atoms with Gasteiger partial charge in [-0.25, -0.2) is 0 Å². The third-order valence-electron chi connectivity index (χ3n) is 2.72. The van der Waals surface area contributed by atoms with Gasteiger partial charge in [-0.1, -0.05) is 13.8 Å². The van der Waals surface area contributed by atoms with Crippen LogP contribution in [-0.2, 0) is 0 Å². The summed E-state index contributed by atoms with van der Waals surface area (Å²) in [6.45, 7) is 12.2. The van der Waals surface area contributed by atoms with Gasteiger partial charge in [0.25, 0.3) is 0 Å². The molecule has 0 aliphatic carbocycles. The van der Waals surface area contributed by atoms with E-state index in [1.807, 2.05) is 12.1 Å². The van der Waals surface area contributed by atoms with Crippen molar-refractivity contribution in [2.45, 2.75) is 40.7 Å². The molecule has 16 heavy (non-hydrogen) atoms. The quantitative estimate of drug-likeness (QED) is 0.787. The molecule has 0 aliphatic heterocycles. The normalized spacial score (nSPS) is 11.2. The summed E-state index contributed by atoms with van der Waals surface area (Å²) in [6, 6.07) is 6.68. The lowest BCUT2D eigenvalue weighted by atomic mass is 10.1. The predicted octanol–water partition coefficient (Wildman–Crippen LogP) is 3.45. The fraction of sp³-hybridized carbons (Fsp3) is 0.571. The Labute approximate surface area is 99.5 Å². The van der Waals surface area contributed by atoms with Crippen LogP contribution in [-0.4, -0.2) is 12.6 Å². The topological polar surface area (TPSA) is 29.3 Å². The second kappa shape index (κ2) is 5.24. The highest BCUT2D eigenvalue weighted by Crippen LogP contribution is 2.25. The zero-order chi connectivity index (χ0) is 12.3. The van der Waals surface area contributed by atoms with Crippen molar-refractivity contribution in [2.24, 2.45) is 5.92 Å². The largest absolute Gasteiger partial charge is 0.399 e. The summed E-state index contributed by atoms with van der Waals surface area (Å²) in [5.41, 5.74) is 9.19. The molecule has 2 N–H and O–H groups in total. The number of hydrogen-bond donors (Lipinski definition) is 1. The number of nitrogen functional groups attached to an aromatic ring is 1. The summed E-state index contributed by atoms with van der Waals surface area (Å²) in [4.78, 5) is 2.44. The number of hydrogen-bond acceptors (Lipinski definition) is 2. The van der Waals surface area contributed by atoms with Gasteiger partial charge in [0, 0.05) is 24.0 Å². The zero-order valence-corrected chi connectivity index (χ0v) is 11.1. The lowest BCUT2D eigenvalue weighted by Gasteiger charge is -2.32. The number of nitrogens with two attached hydrogens (primary N) is 1. The van der Waals surface area contributed by atoms with Gasteiger partial charge in [-0.2, -0.15) is 0 Å². The first-order valence-electron chi connectivity index (χ1n) is 6.04. The van der Waals surface area contributed by atoms with Crippen LogP contribution in [0, 0.1) is 12.8 Å². The van der Waals surface area contributed by atoms with Crippen molar-refractivity contribution in [3.63, 3.8) is 0 Å². The average Bonchev–Trinajstić information content (AvgIpc) is 2.14. The van der Waals surface area contributed by atoms with Crippen LogP contribution in [0.5, 0.6) is 0 Å². The first-order valence-corrected chi connectivity index (χ1v) is 6.04. The maximum absolute atomic E-state index is 5.79. The minimum absolute atomic E-state index is 0.518. The lowest BCUT2D eigenvalue weighted by Crippen LogP contribution is -2.34. The highest BCUT2D eigenvalue weighted by Gasteiger charge is 2.14. The van der Waals surface area contributed by atoms with E-state index in [0.717, 1.165) is 12.2 Å². The molecule has 0 aromatic heterocycles. The van der Waals surface area contributed by atoms with Crippen molar-refractivity contribution in [1.29, 1.82) is 0 Å². The van der Waals surface area contributed by atoms with Crippen molar-refractivity contribution < 1.29 is 0 Å². The summed E-state index contributed by atoms with van der Waals surface area (Å²) < 4.78 is 0. The van der Waals surface area contributed by atoms with Crippen LogP contribution in [0.2, 0.25) is 0 Å². The van der Waals surface area contributed by atoms with Crippen molar-refractivity contribution in [3.8, 4) is 0 Å². The van der Waals surface area contributed by atoms with Crippen LogP contribution in [0.15, 0.2) is 18.2 Å². The first kappa shape index (κ1) is 12.9. The third-order valence-corrected chi connectivity index (χ3v) is 2.72. The Bertz CT molecular complexity index is 343. The summed E-state index contributed by atoms with van der Waals surface area (Å²) in [6.07, 6.45) is 0. The molecule has 0 heterocycles. The fourth-order valence-corrected chi connectivity index (χ4v) is 1.98. The zero-order valence-electron chi connectivity index (χ0n) is 11.1. The number of nitrogens with zero attached hydrogens (tertiary/aromatic N) is 1. The standard InChI is InChI=1S/C14H24N2/c1-10(2)9-16(11(3)4)14-7-6-13(15)8-12(14)5/h6-8,10-11H,9,15H2,1-5H3. The highest BCUT2D eigenvalue weighted by molar-refractivity contribution is 5.59. The Morgan fingerprint density at radius 1 is 1.19 bits per heavy atom. The van der Waals surface area contributed by atoms with E-state index in [2.05, 4.69) is 45.6 Å². The van der Waals surface area contributed by atoms with E-state index in [1.165, 1.54) is 11.3 Å². The molecular formula is C14H24N2. The average molecular weight is 220 g/mol. The van der Waals surface area contributed by atoms with E-state index >= 15 is 0 Å². The number of benzene rings is 1. The van der Waals surface area contributed by atoms with E-state index in [0.29, 0.717) is 12.0 Å². The maximum atomic E-state index is 5.79. The molecule has 0 spiro atoms. The number of anilines is 2. The molecule has 90 valence electrons. The van der Waals surface area contributed by atoms with Gasteiger partial charge in [0.05, 0.1) is 0 Å². The highest BCUT2D eigenvalue weighted by atomic mass is 15.2. The van der Waals surface area contributed by atoms with Gasteiger partial charge < -0.3 is 10.6 Å². The second-order valence-corrected chi connectivity index (χ2v) is 5.19. The van der Waals surface area contributed by atoms with Gasteiger partial charge in [0.1, 0.15) is 0 Å². The molecule has 1 aromatic rings. The second-order valence-electron chi connectivity index (χ2n) is 5.19. The Morgan fingerprint density at radius 3 is 2.25 bits per heavy atom. The van der Waals surface area contributed by atoms with E-state index in [9.17, 15) is 0 Å². The molecule has 0 saturated carbocycles. The molecule has 0 unspecified atom stereocenters. The van der Waals surface area contributed by atoms with Crippen molar-refractivity contribution in [1.82, 2.24) is 0 Å². The minimum Gasteiger partial charge on any atom is -0.399 e. The predicted molar refractivity (Wildman–Crippen MR) is 72.9 cm³/mol. The van der Waals surface area contributed by atoms with Crippen LogP contribution < -0.4 is 10.6 Å². The van der Waals surface area contributed by atoms with Crippen LogP contribution in [0.25, 0.3) is 0 Å². The SMILES string of the molecule is Cc1cc(N)ccc1N(CC(C)C)C(C)C. The van der Waals surface area contributed by atoms with Crippen LogP contribution in [0.1, 0.15) is 33.3 Å². The van der Waals surface area contributed by atoms with Crippen molar-refractivity contribution in [2.75, 3.05) is 17.2 Å². The Kier molecular flexibility index (Phi) is 4.22. The van der Waals surface area contributed by atoms with Gasteiger partial charge in [-0.15, -0.1) is 0 Å².